The first-order valence-electron chi connectivity index (χ1n) is 6.26. The molecule has 23 heavy (non-hydrogen) atoms. The highest BCUT2D eigenvalue weighted by Crippen LogP contribution is 2.20. The Labute approximate surface area is 141 Å². The first-order valence-corrected chi connectivity index (χ1v) is 7.02. The molecule has 2 rings (SSSR count). The van der Waals surface area contributed by atoms with E-state index in [1.165, 1.54) is 42.5 Å². The minimum Gasteiger partial charge on any atom is -0.545 e. The Morgan fingerprint density at radius 2 is 1.39 bits per heavy atom. The summed E-state index contributed by atoms with van der Waals surface area (Å²) in [6.07, 6.45) is 0. The molecule has 0 bridgehead atoms. The molecular weight excluding hydrogens is 343 g/mol. The molecule has 0 spiro atoms. The molecule has 2 aromatic carbocycles. The van der Waals surface area contributed by atoms with Gasteiger partial charge >= 0.3 is 0 Å². The van der Waals surface area contributed by atoms with Crippen LogP contribution >= 0.6 is 23.2 Å². The van der Waals surface area contributed by atoms with Gasteiger partial charge in [-0.05, 0) is 24.3 Å². The van der Waals surface area contributed by atoms with Crippen LogP contribution in [-0.2, 0) is 0 Å². The van der Waals surface area contributed by atoms with Gasteiger partial charge in [0.05, 0.1) is 22.1 Å². The molecular formula is C15H9Cl2N2O4-. The van der Waals surface area contributed by atoms with Gasteiger partial charge in [-0.25, -0.2) is 0 Å². The zero-order chi connectivity index (χ0) is 17.0. The summed E-state index contributed by atoms with van der Waals surface area (Å²) in [4.78, 5) is 34.9. The highest BCUT2D eigenvalue weighted by Gasteiger charge is 2.14. The second-order valence-electron chi connectivity index (χ2n) is 4.37. The number of carbonyl (C=O) groups excluding carboxylic acids is 3. The molecule has 0 radical (unpaired) electrons. The fourth-order valence-corrected chi connectivity index (χ4v) is 2.28. The van der Waals surface area contributed by atoms with Crippen LogP contribution in [0.25, 0.3) is 0 Å². The Bertz CT molecular complexity index is 793. The van der Waals surface area contributed by atoms with Gasteiger partial charge in [0.2, 0.25) is 0 Å². The van der Waals surface area contributed by atoms with Crippen LogP contribution < -0.4 is 16.0 Å². The minimum atomic E-state index is -1.50. The summed E-state index contributed by atoms with van der Waals surface area (Å²) in [5.74, 6) is -2.97. The van der Waals surface area contributed by atoms with Crippen molar-refractivity contribution in [1.29, 1.82) is 0 Å². The molecule has 0 heterocycles. The van der Waals surface area contributed by atoms with E-state index in [1.807, 2.05) is 0 Å². The van der Waals surface area contributed by atoms with Gasteiger partial charge in [-0.15, -0.1) is 0 Å². The number of nitrogens with one attached hydrogen (secondary N) is 2. The number of rotatable bonds is 3. The van der Waals surface area contributed by atoms with Crippen LogP contribution in [0.3, 0.4) is 0 Å². The Kier molecular flexibility index (Phi) is 5.20. The van der Waals surface area contributed by atoms with Gasteiger partial charge in [-0.2, -0.15) is 0 Å². The summed E-state index contributed by atoms with van der Waals surface area (Å²) in [7, 11) is 0. The molecule has 6 nitrogen and oxygen atoms in total. The molecule has 2 amide bonds. The number of hydrogen-bond donors (Lipinski definition) is 2. The lowest BCUT2D eigenvalue weighted by molar-refractivity contribution is -0.255. The maximum absolute atomic E-state index is 12.0. The van der Waals surface area contributed by atoms with Crippen molar-refractivity contribution in [2.24, 2.45) is 0 Å². The van der Waals surface area contributed by atoms with Crippen molar-refractivity contribution in [3.8, 4) is 0 Å². The zero-order valence-corrected chi connectivity index (χ0v) is 12.9. The SMILES string of the molecule is O=C(NNC(=O)c1ccccc1C(=O)[O-])c1ccc(Cl)cc1Cl. The summed E-state index contributed by atoms with van der Waals surface area (Å²) in [5.41, 5.74) is 3.93. The van der Waals surface area contributed by atoms with E-state index in [4.69, 9.17) is 23.2 Å². The monoisotopic (exact) mass is 351 g/mol. The number of hydrogen-bond acceptors (Lipinski definition) is 4. The van der Waals surface area contributed by atoms with Crippen molar-refractivity contribution in [3.63, 3.8) is 0 Å². The summed E-state index contributed by atoms with van der Waals surface area (Å²) < 4.78 is 0. The van der Waals surface area contributed by atoms with Crippen LogP contribution in [-0.4, -0.2) is 17.8 Å². The van der Waals surface area contributed by atoms with Crippen LogP contribution in [0.1, 0.15) is 31.1 Å². The number of carbonyl (C=O) groups is 3. The number of halogens is 2. The highest BCUT2D eigenvalue weighted by atomic mass is 35.5. The van der Waals surface area contributed by atoms with Gasteiger partial charge in [0, 0.05) is 10.6 Å². The largest absolute Gasteiger partial charge is 0.545 e. The minimum absolute atomic E-state index is 0.101. The lowest BCUT2D eigenvalue weighted by Crippen LogP contribution is -2.42. The van der Waals surface area contributed by atoms with Gasteiger partial charge in [0.1, 0.15) is 0 Å². The molecule has 8 heteroatoms. The molecule has 0 saturated carbocycles. The summed E-state index contributed by atoms with van der Waals surface area (Å²) in [5, 5.41) is 11.4. The van der Waals surface area contributed by atoms with Crippen LogP contribution in [0.15, 0.2) is 42.5 Å². The smallest absolute Gasteiger partial charge is 0.271 e. The molecule has 118 valence electrons. The summed E-state index contributed by atoms with van der Waals surface area (Å²) in [6.45, 7) is 0. The molecule has 0 aliphatic carbocycles. The second-order valence-corrected chi connectivity index (χ2v) is 5.21. The number of carboxylic acid groups (broad SMARTS) is 1. The van der Waals surface area contributed by atoms with Crippen LogP contribution in [0.4, 0.5) is 0 Å². The fourth-order valence-electron chi connectivity index (χ4n) is 1.78. The lowest BCUT2D eigenvalue weighted by Gasteiger charge is -2.12. The number of amides is 2. The third-order valence-electron chi connectivity index (χ3n) is 2.86. The molecule has 0 unspecified atom stereocenters. The van der Waals surface area contributed by atoms with Crippen molar-refractivity contribution in [2.75, 3.05) is 0 Å². The first kappa shape index (κ1) is 16.8. The predicted molar refractivity (Wildman–Crippen MR) is 82.2 cm³/mol. The maximum atomic E-state index is 12.0. The average Bonchev–Trinajstić information content (AvgIpc) is 2.52. The molecule has 0 aliphatic heterocycles. The Hall–Kier alpha value is -2.57. The van der Waals surface area contributed by atoms with E-state index < -0.39 is 17.8 Å². The predicted octanol–water partition coefficient (Wildman–Crippen LogP) is 1.43. The number of carboxylic acids is 1. The molecule has 0 aliphatic rings. The molecule has 0 atom stereocenters. The molecule has 0 aromatic heterocycles. The van der Waals surface area contributed by atoms with Crippen LogP contribution in [0, 0.1) is 0 Å². The van der Waals surface area contributed by atoms with Crippen molar-refractivity contribution in [2.45, 2.75) is 0 Å². The van der Waals surface area contributed by atoms with E-state index in [9.17, 15) is 19.5 Å². The molecule has 2 N–H and O–H groups in total. The molecule has 0 fully saturated rings. The fraction of sp³-hybridized carbons (Fsp3) is 0. The Morgan fingerprint density at radius 1 is 0.826 bits per heavy atom. The first-order chi connectivity index (χ1) is 10.9. The van der Waals surface area contributed by atoms with Gasteiger partial charge in [-0.3, -0.25) is 20.4 Å². The second kappa shape index (κ2) is 7.13. The van der Waals surface area contributed by atoms with E-state index in [0.29, 0.717) is 5.02 Å². The summed E-state index contributed by atoms with van der Waals surface area (Å²) in [6, 6.07) is 9.69. The van der Waals surface area contributed by atoms with Gasteiger partial charge < -0.3 is 9.90 Å². The van der Waals surface area contributed by atoms with E-state index in [-0.39, 0.29) is 21.7 Å². The third kappa shape index (κ3) is 4.00. The van der Waals surface area contributed by atoms with Crippen LogP contribution in [0.2, 0.25) is 10.0 Å². The molecule has 0 saturated heterocycles. The zero-order valence-electron chi connectivity index (χ0n) is 11.4. The summed E-state index contributed by atoms with van der Waals surface area (Å²) >= 11 is 11.6. The van der Waals surface area contributed by atoms with Gasteiger partial charge in [0.25, 0.3) is 11.8 Å². The number of benzene rings is 2. The normalized spacial score (nSPS) is 10.0. The number of aromatic carboxylic acids is 1. The van der Waals surface area contributed by atoms with E-state index in [2.05, 4.69) is 10.9 Å². The lowest BCUT2D eigenvalue weighted by atomic mass is 10.1. The maximum Gasteiger partial charge on any atom is 0.271 e. The highest BCUT2D eigenvalue weighted by molar-refractivity contribution is 6.36. The third-order valence-corrected chi connectivity index (χ3v) is 3.40. The van der Waals surface area contributed by atoms with Crippen LogP contribution in [0.5, 0.6) is 0 Å². The van der Waals surface area contributed by atoms with E-state index in [1.54, 1.807) is 0 Å². The van der Waals surface area contributed by atoms with Gasteiger partial charge in [-0.1, -0.05) is 41.4 Å². The van der Waals surface area contributed by atoms with E-state index >= 15 is 0 Å². The van der Waals surface area contributed by atoms with Crippen molar-refractivity contribution in [3.05, 3.63) is 69.2 Å². The Balaban J connectivity index is 2.10. The molecule has 2 aromatic rings. The Morgan fingerprint density at radius 3 is 1.96 bits per heavy atom. The average molecular weight is 352 g/mol. The topological polar surface area (TPSA) is 98.3 Å². The van der Waals surface area contributed by atoms with Crippen molar-refractivity contribution < 1.29 is 19.5 Å². The number of hydrazine groups is 1. The van der Waals surface area contributed by atoms with Crippen molar-refractivity contribution >= 4 is 41.0 Å². The van der Waals surface area contributed by atoms with Crippen molar-refractivity contribution in [1.82, 2.24) is 10.9 Å². The standard InChI is InChI=1S/C15H10Cl2N2O4/c16-8-5-6-11(12(17)7-8)14(21)19-18-13(20)9-3-1-2-4-10(9)15(22)23/h1-7H,(H,18,20)(H,19,21)(H,22,23)/p-1. The van der Waals surface area contributed by atoms with Gasteiger partial charge in [0.15, 0.2) is 0 Å². The quantitative estimate of drug-likeness (QED) is 0.817. The van der Waals surface area contributed by atoms with E-state index in [0.717, 1.165) is 0 Å².